The molecule has 0 aliphatic heterocycles. The molecule has 0 radical (unpaired) electrons. The van der Waals surface area contributed by atoms with E-state index in [9.17, 15) is 15.0 Å². The van der Waals surface area contributed by atoms with Crippen molar-refractivity contribution in [1.82, 2.24) is 5.32 Å². The quantitative estimate of drug-likeness (QED) is 0.0534. The molecule has 0 fully saturated rings. The van der Waals surface area contributed by atoms with Crippen molar-refractivity contribution in [1.29, 1.82) is 0 Å². The molecule has 61 heavy (non-hydrogen) atoms. The van der Waals surface area contributed by atoms with Crippen molar-refractivity contribution in [3.05, 3.63) is 0 Å². The summed E-state index contributed by atoms with van der Waals surface area (Å²) in [7, 11) is 0. The van der Waals surface area contributed by atoms with E-state index < -0.39 is 12.1 Å². The highest BCUT2D eigenvalue weighted by Gasteiger charge is 2.20. The number of carbonyl (C=O) groups is 1. The smallest absolute Gasteiger partial charge is 0.220 e. The Bertz CT molecular complexity index is 803. The second-order valence-electron chi connectivity index (χ2n) is 20.1. The molecule has 0 aromatic rings. The molecule has 0 saturated heterocycles. The number of hydrogen-bond donors (Lipinski definition) is 3. The monoisotopic (exact) mass is 862 g/mol. The van der Waals surface area contributed by atoms with Gasteiger partial charge in [-0.1, -0.05) is 322 Å². The first-order chi connectivity index (χ1) is 30.2. The Kier molecular flexibility index (Phi) is 53.2. The molecule has 0 aliphatic rings. The number of aliphatic hydroxyl groups is 2. The minimum atomic E-state index is -0.654. The molecular weight excluding hydrogens is 747 g/mol. The van der Waals surface area contributed by atoms with E-state index in [-0.39, 0.29) is 12.5 Å². The molecule has 3 N–H and O–H groups in total. The summed E-state index contributed by atoms with van der Waals surface area (Å²) >= 11 is 0. The van der Waals surface area contributed by atoms with Gasteiger partial charge in [-0.3, -0.25) is 4.79 Å². The van der Waals surface area contributed by atoms with Crippen LogP contribution in [0.5, 0.6) is 0 Å². The number of carbonyl (C=O) groups excluding carboxylic acids is 1. The number of amides is 1. The maximum Gasteiger partial charge on any atom is 0.220 e. The minimum Gasteiger partial charge on any atom is -0.394 e. The molecule has 2 atom stereocenters. The van der Waals surface area contributed by atoms with Crippen molar-refractivity contribution in [2.45, 2.75) is 353 Å². The van der Waals surface area contributed by atoms with Gasteiger partial charge < -0.3 is 15.5 Å². The third-order valence-corrected chi connectivity index (χ3v) is 13.9. The van der Waals surface area contributed by atoms with Gasteiger partial charge in [0.15, 0.2) is 0 Å². The summed E-state index contributed by atoms with van der Waals surface area (Å²) in [4.78, 5) is 12.5. The van der Waals surface area contributed by atoms with Crippen LogP contribution in [0.3, 0.4) is 0 Å². The molecule has 0 rings (SSSR count). The number of aliphatic hydroxyl groups excluding tert-OH is 2. The normalized spacial score (nSPS) is 12.7. The molecule has 0 heterocycles. The van der Waals surface area contributed by atoms with Crippen LogP contribution in [0, 0.1) is 0 Å². The van der Waals surface area contributed by atoms with Crippen LogP contribution in [-0.2, 0) is 4.79 Å². The van der Waals surface area contributed by atoms with E-state index in [1.165, 1.54) is 289 Å². The number of rotatable bonds is 54. The number of unbranched alkanes of at least 4 members (excludes halogenated alkanes) is 47. The molecule has 1 amide bonds. The van der Waals surface area contributed by atoms with Crippen LogP contribution in [0.25, 0.3) is 0 Å². The largest absolute Gasteiger partial charge is 0.394 e. The first-order valence-electron chi connectivity index (χ1n) is 28.7. The lowest BCUT2D eigenvalue weighted by atomic mass is 10.0. The molecule has 366 valence electrons. The van der Waals surface area contributed by atoms with Crippen molar-refractivity contribution >= 4 is 5.91 Å². The van der Waals surface area contributed by atoms with Gasteiger partial charge in [-0.15, -0.1) is 0 Å². The fourth-order valence-corrected chi connectivity index (χ4v) is 9.48. The molecule has 0 aliphatic carbocycles. The fraction of sp³-hybridized carbons (Fsp3) is 0.982. The maximum atomic E-state index is 12.5. The summed E-state index contributed by atoms with van der Waals surface area (Å²) in [5, 5.41) is 23.3. The zero-order chi connectivity index (χ0) is 44.2. The standard InChI is InChI=1S/C57H115NO3/c1-3-5-7-9-11-13-15-17-19-20-21-22-23-24-25-26-27-28-29-30-31-32-33-34-35-36-37-39-41-43-45-47-49-51-53-57(61)58-55(54-59)56(60)52-50-48-46-44-42-40-38-18-16-14-12-10-8-6-4-2/h55-56,59-60H,3-54H2,1-2H3,(H,58,61). The van der Waals surface area contributed by atoms with Gasteiger partial charge in [0.1, 0.15) is 0 Å². The van der Waals surface area contributed by atoms with Crippen molar-refractivity contribution in [3.8, 4) is 0 Å². The van der Waals surface area contributed by atoms with E-state index in [4.69, 9.17) is 0 Å². The third kappa shape index (κ3) is 50.3. The summed E-state index contributed by atoms with van der Waals surface area (Å²) < 4.78 is 0. The van der Waals surface area contributed by atoms with Crippen LogP contribution in [0.15, 0.2) is 0 Å². The molecule has 0 bridgehead atoms. The summed E-state index contributed by atoms with van der Waals surface area (Å²) in [6.07, 6.45) is 68.2. The lowest BCUT2D eigenvalue weighted by Crippen LogP contribution is -2.45. The van der Waals surface area contributed by atoms with Gasteiger partial charge >= 0.3 is 0 Å². The molecule has 0 aromatic heterocycles. The second-order valence-corrected chi connectivity index (χ2v) is 20.1. The highest BCUT2D eigenvalue weighted by molar-refractivity contribution is 5.76. The summed E-state index contributed by atoms with van der Waals surface area (Å²) in [6.45, 7) is 4.40. The lowest BCUT2D eigenvalue weighted by Gasteiger charge is -2.22. The zero-order valence-electron chi connectivity index (χ0n) is 42.2. The predicted octanol–water partition coefficient (Wildman–Crippen LogP) is 18.8. The predicted molar refractivity (Wildman–Crippen MR) is 272 cm³/mol. The number of nitrogens with one attached hydrogen (secondary N) is 1. The van der Waals surface area contributed by atoms with Crippen LogP contribution in [-0.4, -0.2) is 34.9 Å². The van der Waals surface area contributed by atoms with Crippen LogP contribution in [0.4, 0.5) is 0 Å². The van der Waals surface area contributed by atoms with Crippen LogP contribution < -0.4 is 5.32 Å². The minimum absolute atomic E-state index is 0.0227. The Hall–Kier alpha value is -0.610. The Morgan fingerprint density at radius 3 is 0.738 bits per heavy atom. The lowest BCUT2D eigenvalue weighted by molar-refractivity contribution is -0.123. The summed E-state index contributed by atoms with van der Waals surface area (Å²) in [5.74, 6) is -0.0227. The molecule has 4 heteroatoms. The van der Waals surface area contributed by atoms with Gasteiger partial charge in [0.05, 0.1) is 18.8 Å². The van der Waals surface area contributed by atoms with Gasteiger partial charge in [0.2, 0.25) is 5.91 Å². The Morgan fingerprint density at radius 1 is 0.328 bits per heavy atom. The molecule has 2 unspecified atom stereocenters. The van der Waals surface area contributed by atoms with Gasteiger partial charge in [-0.05, 0) is 12.8 Å². The van der Waals surface area contributed by atoms with E-state index in [0.29, 0.717) is 12.8 Å². The third-order valence-electron chi connectivity index (χ3n) is 13.9. The Morgan fingerprint density at radius 2 is 0.525 bits per heavy atom. The Labute approximate surface area is 384 Å². The maximum absolute atomic E-state index is 12.5. The zero-order valence-corrected chi connectivity index (χ0v) is 42.2. The highest BCUT2D eigenvalue weighted by atomic mass is 16.3. The molecule has 0 aromatic carbocycles. The van der Waals surface area contributed by atoms with E-state index in [2.05, 4.69) is 19.2 Å². The SMILES string of the molecule is CCCCCCCCCCCCCCCCCCCCCCCCCCCCCCCCCCCCC(=O)NC(CO)C(O)CCCCCCCCCCCCCCCCC. The Balaban J connectivity index is 3.34. The average molecular weight is 863 g/mol. The summed E-state index contributed by atoms with van der Waals surface area (Å²) in [6, 6.07) is -0.530. The van der Waals surface area contributed by atoms with E-state index in [0.717, 1.165) is 25.7 Å². The van der Waals surface area contributed by atoms with Crippen LogP contribution in [0.2, 0.25) is 0 Å². The van der Waals surface area contributed by atoms with Crippen molar-refractivity contribution < 1.29 is 15.0 Å². The van der Waals surface area contributed by atoms with Gasteiger partial charge in [-0.25, -0.2) is 0 Å². The van der Waals surface area contributed by atoms with Crippen LogP contribution >= 0.6 is 0 Å². The van der Waals surface area contributed by atoms with Gasteiger partial charge in [0, 0.05) is 6.42 Å². The molecule has 0 saturated carbocycles. The van der Waals surface area contributed by atoms with Crippen LogP contribution in [0.1, 0.15) is 341 Å². The highest BCUT2D eigenvalue weighted by Crippen LogP contribution is 2.19. The van der Waals surface area contributed by atoms with Crippen molar-refractivity contribution in [3.63, 3.8) is 0 Å². The topological polar surface area (TPSA) is 69.6 Å². The molecule has 0 spiro atoms. The van der Waals surface area contributed by atoms with Crippen molar-refractivity contribution in [2.75, 3.05) is 6.61 Å². The average Bonchev–Trinajstić information content (AvgIpc) is 3.26. The first-order valence-corrected chi connectivity index (χ1v) is 28.7. The second kappa shape index (κ2) is 53.7. The van der Waals surface area contributed by atoms with E-state index in [1.54, 1.807) is 0 Å². The first kappa shape index (κ1) is 60.4. The van der Waals surface area contributed by atoms with E-state index in [1.807, 2.05) is 0 Å². The van der Waals surface area contributed by atoms with Crippen molar-refractivity contribution in [2.24, 2.45) is 0 Å². The molecule has 4 nitrogen and oxygen atoms in total. The van der Waals surface area contributed by atoms with Gasteiger partial charge in [-0.2, -0.15) is 0 Å². The number of hydrogen-bond acceptors (Lipinski definition) is 3. The molecular formula is C57H115NO3. The van der Waals surface area contributed by atoms with E-state index >= 15 is 0 Å². The summed E-state index contributed by atoms with van der Waals surface area (Å²) in [5.41, 5.74) is 0. The fourth-order valence-electron chi connectivity index (χ4n) is 9.48. The van der Waals surface area contributed by atoms with Gasteiger partial charge in [0.25, 0.3) is 0 Å².